The minimum atomic E-state index is -0.506. The van der Waals surface area contributed by atoms with Crippen molar-refractivity contribution in [2.45, 2.75) is 45.3 Å². The molecule has 6 heteroatoms. The van der Waals surface area contributed by atoms with Crippen LogP contribution in [0.4, 0.5) is 4.79 Å². The molecule has 174 valence electrons. The highest BCUT2D eigenvalue weighted by molar-refractivity contribution is 5.89. The Labute approximate surface area is 195 Å². The molecule has 0 saturated carbocycles. The first-order chi connectivity index (χ1) is 16.0. The summed E-state index contributed by atoms with van der Waals surface area (Å²) in [4.78, 5) is 37.5. The number of methoxy groups -OCH3 is 1. The Bertz CT molecular complexity index is 971. The Morgan fingerprint density at radius 3 is 2.30 bits per heavy atom. The Balaban J connectivity index is 1.70. The number of nitrogens with one attached hydrogen (secondary N) is 1. The topological polar surface area (TPSA) is 81.7 Å². The second-order valence-corrected chi connectivity index (χ2v) is 8.38. The third kappa shape index (κ3) is 7.31. The molecule has 2 unspecified atom stereocenters. The molecule has 0 radical (unpaired) electrons. The summed E-state index contributed by atoms with van der Waals surface area (Å²) in [6.07, 6.45) is 3.23. The van der Waals surface area contributed by atoms with Crippen LogP contribution in [0.15, 0.2) is 72.3 Å². The number of rotatable bonds is 8. The fourth-order valence-corrected chi connectivity index (χ4v) is 4.12. The number of carbonyl (C=O) groups is 3. The van der Waals surface area contributed by atoms with Gasteiger partial charge in [0.1, 0.15) is 12.4 Å². The molecule has 0 spiro atoms. The summed E-state index contributed by atoms with van der Waals surface area (Å²) < 4.78 is 10.2. The molecule has 2 aromatic rings. The molecule has 0 aliphatic heterocycles. The lowest BCUT2D eigenvalue weighted by Gasteiger charge is -2.18. The number of carbonyl (C=O) groups excluding carboxylic acids is 3. The van der Waals surface area contributed by atoms with Crippen LogP contribution in [-0.4, -0.2) is 31.0 Å². The summed E-state index contributed by atoms with van der Waals surface area (Å²) in [5.41, 5.74) is 2.93. The molecule has 0 bridgehead atoms. The van der Waals surface area contributed by atoms with E-state index in [0.717, 1.165) is 16.7 Å². The fourth-order valence-electron chi connectivity index (χ4n) is 4.12. The minimum absolute atomic E-state index is 0.0399. The number of hydrogen-bond donors (Lipinski definition) is 1. The molecule has 33 heavy (non-hydrogen) atoms. The van der Waals surface area contributed by atoms with Gasteiger partial charge in [0.25, 0.3) is 0 Å². The molecule has 0 heterocycles. The molecule has 0 fully saturated rings. The van der Waals surface area contributed by atoms with Gasteiger partial charge >= 0.3 is 12.1 Å². The smallest absolute Gasteiger partial charge is 0.407 e. The summed E-state index contributed by atoms with van der Waals surface area (Å²) in [6, 6.07) is 19.0. The average Bonchev–Trinajstić information content (AvgIpc) is 2.98. The van der Waals surface area contributed by atoms with Crippen LogP contribution in [-0.2, 0) is 32.1 Å². The van der Waals surface area contributed by atoms with Gasteiger partial charge in [0.15, 0.2) is 0 Å². The summed E-state index contributed by atoms with van der Waals surface area (Å²) in [5, 5.41) is 2.88. The first-order valence-corrected chi connectivity index (χ1v) is 11.3. The lowest BCUT2D eigenvalue weighted by atomic mass is 9.86. The van der Waals surface area contributed by atoms with Gasteiger partial charge < -0.3 is 14.8 Å². The minimum Gasteiger partial charge on any atom is -0.469 e. The molecular weight excluding hydrogens is 418 g/mol. The lowest BCUT2D eigenvalue weighted by molar-refractivity contribution is -0.144. The second kappa shape index (κ2) is 12.0. The maximum Gasteiger partial charge on any atom is 0.407 e. The summed E-state index contributed by atoms with van der Waals surface area (Å²) in [6.45, 7) is 2.08. The summed E-state index contributed by atoms with van der Waals surface area (Å²) in [7, 11) is 1.34. The monoisotopic (exact) mass is 449 g/mol. The Hall–Kier alpha value is -3.41. The summed E-state index contributed by atoms with van der Waals surface area (Å²) in [5.74, 6) is -1.12. The van der Waals surface area contributed by atoms with Gasteiger partial charge in [-0.15, -0.1) is 0 Å². The number of ether oxygens (including phenoxy) is 2. The van der Waals surface area contributed by atoms with Crippen LogP contribution in [0.1, 0.15) is 37.3 Å². The third-order valence-corrected chi connectivity index (χ3v) is 6.01. The van der Waals surface area contributed by atoms with Crippen LogP contribution in [0.5, 0.6) is 0 Å². The highest BCUT2D eigenvalue weighted by atomic mass is 16.5. The summed E-state index contributed by atoms with van der Waals surface area (Å²) >= 11 is 0. The van der Waals surface area contributed by atoms with Crippen LogP contribution in [0, 0.1) is 11.8 Å². The van der Waals surface area contributed by atoms with E-state index in [-0.39, 0.29) is 36.7 Å². The molecular formula is C27H31NO5. The number of ketones is 1. The van der Waals surface area contributed by atoms with E-state index in [1.54, 1.807) is 0 Å². The number of amides is 1. The number of allylic oxidation sites excluding steroid dienone is 1. The Morgan fingerprint density at radius 2 is 1.67 bits per heavy atom. The number of Topliss-reactive ketones (excluding diaryl/α,β-unsaturated/α-hetero) is 1. The highest BCUT2D eigenvalue weighted by Gasteiger charge is 2.32. The molecule has 0 saturated heterocycles. The number of alkyl carbamates (subject to hydrolysis) is 1. The van der Waals surface area contributed by atoms with Crippen molar-refractivity contribution in [2.24, 2.45) is 11.8 Å². The van der Waals surface area contributed by atoms with Gasteiger partial charge in [-0.05, 0) is 37.3 Å². The largest absolute Gasteiger partial charge is 0.469 e. The van der Waals surface area contributed by atoms with E-state index in [9.17, 15) is 14.4 Å². The molecule has 3 atom stereocenters. The van der Waals surface area contributed by atoms with E-state index in [1.807, 2.05) is 73.7 Å². The van der Waals surface area contributed by atoms with Crippen LogP contribution in [0.3, 0.4) is 0 Å². The lowest BCUT2D eigenvalue weighted by Crippen LogP contribution is -2.34. The fraction of sp³-hybridized carbons (Fsp3) is 0.370. The number of esters is 1. The highest BCUT2D eigenvalue weighted by Crippen LogP contribution is 2.30. The number of hydrogen-bond acceptors (Lipinski definition) is 5. The quantitative estimate of drug-likeness (QED) is 0.469. The van der Waals surface area contributed by atoms with Gasteiger partial charge in [0.05, 0.1) is 19.6 Å². The van der Waals surface area contributed by atoms with E-state index < -0.39 is 12.0 Å². The predicted molar refractivity (Wildman–Crippen MR) is 125 cm³/mol. The average molecular weight is 450 g/mol. The zero-order valence-electron chi connectivity index (χ0n) is 19.2. The molecule has 2 aromatic carbocycles. The zero-order valence-corrected chi connectivity index (χ0v) is 19.2. The SMILES string of the molecule is COC(=O)CC1CCC([C@H](C)NC(=O)OCc2ccccc2)=CC(Cc2ccccc2)C1=O. The van der Waals surface area contributed by atoms with Crippen LogP contribution in [0.25, 0.3) is 0 Å². The predicted octanol–water partition coefficient (Wildman–Crippen LogP) is 4.63. The van der Waals surface area contributed by atoms with E-state index in [1.165, 1.54) is 7.11 Å². The van der Waals surface area contributed by atoms with Gasteiger partial charge in [-0.1, -0.05) is 72.3 Å². The van der Waals surface area contributed by atoms with Crippen molar-refractivity contribution < 1.29 is 23.9 Å². The molecule has 0 aromatic heterocycles. The molecule has 6 nitrogen and oxygen atoms in total. The Kier molecular flexibility index (Phi) is 8.81. The van der Waals surface area contributed by atoms with Crippen molar-refractivity contribution >= 4 is 17.8 Å². The maximum absolute atomic E-state index is 13.3. The van der Waals surface area contributed by atoms with Crippen molar-refractivity contribution in [2.75, 3.05) is 7.11 Å². The molecule has 1 aliphatic rings. The molecule has 3 rings (SSSR count). The van der Waals surface area contributed by atoms with Crippen molar-refractivity contribution in [1.29, 1.82) is 0 Å². The van der Waals surface area contributed by atoms with E-state index in [2.05, 4.69) is 5.32 Å². The van der Waals surface area contributed by atoms with Crippen molar-refractivity contribution in [3.63, 3.8) is 0 Å². The first-order valence-electron chi connectivity index (χ1n) is 11.3. The van der Waals surface area contributed by atoms with E-state index in [4.69, 9.17) is 9.47 Å². The van der Waals surface area contributed by atoms with Gasteiger partial charge in [0, 0.05) is 11.8 Å². The van der Waals surface area contributed by atoms with Crippen LogP contribution in [0.2, 0.25) is 0 Å². The molecule has 1 amide bonds. The first kappa shape index (κ1) is 24.2. The Morgan fingerprint density at radius 1 is 1.03 bits per heavy atom. The normalized spacial score (nSPS) is 19.1. The van der Waals surface area contributed by atoms with Gasteiger partial charge in [-0.25, -0.2) is 4.79 Å². The van der Waals surface area contributed by atoms with Gasteiger partial charge in [0.2, 0.25) is 0 Å². The van der Waals surface area contributed by atoms with Crippen LogP contribution >= 0.6 is 0 Å². The van der Waals surface area contributed by atoms with Crippen molar-refractivity contribution in [3.05, 3.63) is 83.4 Å². The molecule has 1 N–H and O–H groups in total. The van der Waals surface area contributed by atoms with Crippen LogP contribution < -0.4 is 5.32 Å². The zero-order chi connectivity index (χ0) is 23.6. The van der Waals surface area contributed by atoms with E-state index in [0.29, 0.717) is 19.3 Å². The van der Waals surface area contributed by atoms with Crippen molar-refractivity contribution in [3.8, 4) is 0 Å². The maximum atomic E-state index is 13.3. The van der Waals surface area contributed by atoms with Gasteiger partial charge in [-0.2, -0.15) is 0 Å². The standard InChI is InChI=1S/C27H31NO5/c1-19(28-27(31)33-18-21-11-7-4-8-12-21)22-13-14-23(17-25(29)32-2)26(30)24(16-22)15-20-9-5-3-6-10-20/h3-12,16,19,23-24H,13-15,17-18H2,1-2H3,(H,28,31)/t19-,23?,24?/m0/s1. The number of benzene rings is 2. The van der Waals surface area contributed by atoms with E-state index >= 15 is 0 Å². The van der Waals surface area contributed by atoms with Gasteiger partial charge in [-0.3, -0.25) is 9.59 Å². The second-order valence-electron chi connectivity index (χ2n) is 8.38. The molecule has 1 aliphatic carbocycles. The van der Waals surface area contributed by atoms with Crippen molar-refractivity contribution in [1.82, 2.24) is 5.32 Å². The third-order valence-electron chi connectivity index (χ3n) is 6.01.